The zero-order chi connectivity index (χ0) is 19.2. The summed E-state index contributed by atoms with van der Waals surface area (Å²) in [6, 6.07) is 7.74. The molecule has 6 nitrogen and oxygen atoms in total. The Labute approximate surface area is 156 Å². The largest absolute Gasteiger partial charge is 0.491 e. The van der Waals surface area contributed by atoms with Crippen molar-refractivity contribution in [1.29, 1.82) is 0 Å². The molecule has 1 aromatic rings. The number of rotatable bonds is 7. The van der Waals surface area contributed by atoms with Crippen molar-refractivity contribution in [2.24, 2.45) is 10.9 Å². The van der Waals surface area contributed by atoms with Crippen molar-refractivity contribution < 1.29 is 9.53 Å². The maximum absolute atomic E-state index is 12.0. The van der Waals surface area contributed by atoms with E-state index >= 15 is 0 Å². The van der Waals surface area contributed by atoms with Gasteiger partial charge in [0.1, 0.15) is 12.3 Å². The third-order valence-corrected chi connectivity index (χ3v) is 3.64. The standard InChI is InChI=1S/C20H32N4O2/c1-14(2)26-17-10-8-16(9-11-17)23-19(21-12-15-6-7-15)22-13-18(25)24-20(3,4)5/h8-11,14-15H,6-7,12-13H2,1-5H3,(H,24,25)(H2,21,22,23). The van der Waals surface area contributed by atoms with Crippen molar-refractivity contribution in [3.63, 3.8) is 0 Å². The highest BCUT2D eigenvalue weighted by molar-refractivity contribution is 5.95. The van der Waals surface area contributed by atoms with Gasteiger partial charge in [0.15, 0.2) is 5.96 Å². The van der Waals surface area contributed by atoms with Gasteiger partial charge in [0, 0.05) is 17.8 Å². The smallest absolute Gasteiger partial charge is 0.242 e. The fourth-order valence-electron chi connectivity index (χ4n) is 2.34. The quantitative estimate of drug-likeness (QED) is 0.516. The molecule has 0 radical (unpaired) electrons. The van der Waals surface area contributed by atoms with Crippen LogP contribution in [0.5, 0.6) is 5.75 Å². The van der Waals surface area contributed by atoms with Crippen molar-refractivity contribution in [3.05, 3.63) is 24.3 Å². The van der Waals surface area contributed by atoms with Gasteiger partial charge in [-0.2, -0.15) is 0 Å². The number of hydrogen-bond donors (Lipinski definition) is 3. The number of carbonyl (C=O) groups excluding carboxylic acids is 1. The van der Waals surface area contributed by atoms with Gasteiger partial charge < -0.3 is 20.7 Å². The zero-order valence-electron chi connectivity index (χ0n) is 16.6. The molecule has 1 aromatic carbocycles. The van der Waals surface area contributed by atoms with Crippen molar-refractivity contribution in [2.45, 2.75) is 59.1 Å². The monoisotopic (exact) mass is 360 g/mol. The molecule has 0 bridgehead atoms. The number of aliphatic imine (C=N–C) groups is 1. The van der Waals surface area contributed by atoms with E-state index < -0.39 is 0 Å². The van der Waals surface area contributed by atoms with E-state index in [0.717, 1.165) is 18.0 Å². The summed E-state index contributed by atoms with van der Waals surface area (Å²) in [4.78, 5) is 16.4. The molecular formula is C20H32N4O2. The first-order chi connectivity index (χ1) is 12.2. The van der Waals surface area contributed by atoms with Crippen LogP contribution >= 0.6 is 0 Å². The Kier molecular flexibility index (Phi) is 6.89. The Balaban J connectivity index is 1.96. The molecule has 0 atom stereocenters. The van der Waals surface area contributed by atoms with Crippen molar-refractivity contribution >= 4 is 17.6 Å². The first kappa shape index (κ1) is 20.1. The average molecular weight is 361 g/mol. The highest BCUT2D eigenvalue weighted by atomic mass is 16.5. The number of amides is 1. The fourth-order valence-corrected chi connectivity index (χ4v) is 2.34. The molecule has 144 valence electrons. The third kappa shape index (κ3) is 8.23. The van der Waals surface area contributed by atoms with Gasteiger partial charge in [-0.05, 0) is 77.6 Å². The summed E-state index contributed by atoms with van der Waals surface area (Å²) in [6.45, 7) is 10.8. The van der Waals surface area contributed by atoms with Gasteiger partial charge in [-0.25, -0.2) is 4.99 Å². The Hall–Kier alpha value is -2.24. The van der Waals surface area contributed by atoms with E-state index in [0.29, 0.717) is 11.9 Å². The van der Waals surface area contributed by atoms with Crippen LogP contribution in [0.1, 0.15) is 47.5 Å². The number of anilines is 1. The molecule has 6 heteroatoms. The van der Waals surface area contributed by atoms with Gasteiger partial charge in [0.25, 0.3) is 0 Å². The molecule has 0 heterocycles. The number of ether oxygens (including phenoxy) is 1. The van der Waals surface area contributed by atoms with Gasteiger partial charge in [-0.1, -0.05) is 0 Å². The number of carbonyl (C=O) groups is 1. The number of guanidine groups is 1. The topological polar surface area (TPSA) is 74.8 Å². The third-order valence-electron chi connectivity index (χ3n) is 3.64. The summed E-state index contributed by atoms with van der Waals surface area (Å²) in [5, 5.41) is 9.51. The van der Waals surface area contributed by atoms with E-state index in [1.54, 1.807) is 0 Å². The minimum absolute atomic E-state index is 0.0891. The zero-order valence-corrected chi connectivity index (χ0v) is 16.6. The van der Waals surface area contributed by atoms with Crippen LogP contribution in [0.25, 0.3) is 0 Å². The Bertz CT molecular complexity index is 614. The lowest BCUT2D eigenvalue weighted by molar-refractivity contribution is -0.121. The normalized spacial score (nSPS) is 14.9. The number of nitrogens with zero attached hydrogens (tertiary/aromatic N) is 1. The molecule has 1 amide bonds. The lowest BCUT2D eigenvalue weighted by atomic mass is 10.1. The van der Waals surface area contributed by atoms with Crippen LogP contribution in [0, 0.1) is 5.92 Å². The molecule has 0 unspecified atom stereocenters. The maximum atomic E-state index is 12.0. The second kappa shape index (κ2) is 8.92. The summed E-state index contributed by atoms with van der Waals surface area (Å²) in [5.41, 5.74) is 0.646. The Morgan fingerprint density at radius 2 is 1.88 bits per heavy atom. The van der Waals surface area contributed by atoms with Crippen LogP contribution in [0.4, 0.5) is 5.69 Å². The summed E-state index contributed by atoms with van der Waals surface area (Å²) in [5.74, 6) is 2.08. The van der Waals surface area contributed by atoms with Crippen molar-refractivity contribution in [3.8, 4) is 5.75 Å². The second-order valence-electron chi connectivity index (χ2n) is 8.10. The molecule has 1 aliphatic rings. The first-order valence-corrected chi connectivity index (χ1v) is 9.34. The molecule has 1 aliphatic carbocycles. The van der Waals surface area contributed by atoms with Crippen LogP contribution in [0.3, 0.4) is 0 Å². The summed E-state index contributed by atoms with van der Waals surface area (Å²) in [6.07, 6.45) is 2.66. The van der Waals surface area contributed by atoms with E-state index in [4.69, 9.17) is 4.74 Å². The van der Waals surface area contributed by atoms with Crippen LogP contribution in [0.15, 0.2) is 29.3 Å². The summed E-state index contributed by atoms with van der Waals surface area (Å²) >= 11 is 0. The molecule has 2 rings (SSSR count). The first-order valence-electron chi connectivity index (χ1n) is 9.34. The van der Waals surface area contributed by atoms with Gasteiger partial charge in [-0.3, -0.25) is 4.79 Å². The molecule has 1 fully saturated rings. The molecule has 3 N–H and O–H groups in total. The minimum Gasteiger partial charge on any atom is -0.491 e. The SMILES string of the molecule is CC(C)Oc1ccc(NC(=NCC(=O)NC(C)(C)C)NCC2CC2)cc1. The van der Waals surface area contributed by atoms with Gasteiger partial charge >= 0.3 is 0 Å². The lowest BCUT2D eigenvalue weighted by Crippen LogP contribution is -2.42. The molecule has 26 heavy (non-hydrogen) atoms. The predicted octanol–water partition coefficient (Wildman–Crippen LogP) is 3.16. The van der Waals surface area contributed by atoms with Crippen LogP contribution in [-0.2, 0) is 4.79 Å². The number of hydrogen-bond acceptors (Lipinski definition) is 3. The molecule has 0 saturated heterocycles. The van der Waals surface area contributed by atoms with Gasteiger partial charge in [0.05, 0.1) is 6.10 Å². The van der Waals surface area contributed by atoms with Crippen LogP contribution in [0.2, 0.25) is 0 Å². The molecule has 0 aromatic heterocycles. The second-order valence-corrected chi connectivity index (χ2v) is 8.10. The summed E-state index contributed by atoms with van der Waals surface area (Å²) < 4.78 is 5.66. The minimum atomic E-state index is -0.256. The van der Waals surface area contributed by atoms with Gasteiger partial charge in [0.2, 0.25) is 5.91 Å². The molecular weight excluding hydrogens is 328 g/mol. The Morgan fingerprint density at radius 1 is 1.23 bits per heavy atom. The highest BCUT2D eigenvalue weighted by Crippen LogP contribution is 2.27. The van der Waals surface area contributed by atoms with E-state index in [2.05, 4.69) is 20.9 Å². The molecule has 0 spiro atoms. The molecule has 0 aliphatic heterocycles. The van der Waals surface area contributed by atoms with Crippen molar-refractivity contribution in [1.82, 2.24) is 10.6 Å². The molecule has 1 saturated carbocycles. The number of nitrogens with one attached hydrogen (secondary N) is 3. The summed E-state index contributed by atoms with van der Waals surface area (Å²) in [7, 11) is 0. The van der Waals surface area contributed by atoms with Crippen LogP contribution < -0.4 is 20.7 Å². The van der Waals surface area contributed by atoms with E-state index in [1.165, 1.54) is 12.8 Å². The highest BCUT2D eigenvalue weighted by Gasteiger charge is 2.21. The van der Waals surface area contributed by atoms with Crippen molar-refractivity contribution in [2.75, 3.05) is 18.4 Å². The van der Waals surface area contributed by atoms with E-state index in [9.17, 15) is 4.79 Å². The maximum Gasteiger partial charge on any atom is 0.242 e. The van der Waals surface area contributed by atoms with E-state index in [-0.39, 0.29) is 24.1 Å². The Morgan fingerprint density at radius 3 is 2.42 bits per heavy atom. The van der Waals surface area contributed by atoms with Gasteiger partial charge in [-0.15, -0.1) is 0 Å². The average Bonchev–Trinajstić information content (AvgIpc) is 3.34. The fraction of sp³-hybridized carbons (Fsp3) is 0.600. The van der Waals surface area contributed by atoms with E-state index in [1.807, 2.05) is 58.9 Å². The number of benzene rings is 1. The lowest BCUT2D eigenvalue weighted by Gasteiger charge is -2.20. The predicted molar refractivity (Wildman–Crippen MR) is 107 cm³/mol. The van der Waals surface area contributed by atoms with Crippen LogP contribution in [-0.4, -0.2) is 36.6 Å².